The van der Waals surface area contributed by atoms with Crippen LogP contribution < -0.4 is 14.9 Å². The van der Waals surface area contributed by atoms with Crippen LogP contribution in [0.4, 0.5) is 0 Å². The van der Waals surface area contributed by atoms with Gasteiger partial charge in [0.2, 0.25) is 10.0 Å². The Morgan fingerprint density at radius 2 is 1.74 bits per heavy atom. The lowest BCUT2D eigenvalue weighted by Gasteiger charge is -2.32. The number of ether oxygens (including phenoxy) is 1. The molecule has 1 aromatic rings. The highest BCUT2D eigenvalue weighted by Gasteiger charge is 2.51. The maximum Gasteiger partial charge on any atom is 0.494 e. The van der Waals surface area contributed by atoms with Gasteiger partial charge in [0.05, 0.1) is 18.3 Å². The molecule has 0 saturated carbocycles. The normalized spacial score (nSPS) is 19.8. The van der Waals surface area contributed by atoms with Crippen molar-refractivity contribution in [2.24, 2.45) is 0 Å². The summed E-state index contributed by atoms with van der Waals surface area (Å²) < 4.78 is 44.3. The molecule has 1 saturated heterocycles. The van der Waals surface area contributed by atoms with Crippen LogP contribution in [0.1, 0.15) is 34.6 Å². The fourth-order valence-corrected chi connectivity index (χ4v) is 3.54. The first-order chi connectivity index (χ1) is 10.5. The molecule has 0 aromatic heterocycles. The number of nitrogens with one attached hydrogen (secondary N) is 1. The van der Waals surface area contributed by atoms with Crippen molar-refractivity contribution in [2.75, 3.05) is 13.7 Å². The van der Waals surface area contributed by atoms with Gasteiger partial charge in [0.25, 0.3) is 0 Å². The molecule has 1 heterocycles. The lowest BCUT2D eigenvalue weighted by molar-refractivity contribution is 0.00578. The van der Waals surface area contributed by atoms with Crippen LogP contribution in [0.15, 0.2) is 23.1 Å². The number of methoxy groups -OCH3 is 1. The summed E-state index contributed by atoms with van der Waals surface area (Å²) in [5, 5.41) is 0. The Balaban J connectivity index is 2.44. The minimum absolute atomic E-state index is 0.0778. The first kappa shape index (κ1) is 18.3. The number of benzene rings is 1. The van der Waals surface area contributed by atoms with Crippen molar-refractivity contribution in [3.05, 3.63) is 18.2 Å². The third-order valence-corrected chi connectivity index (χ3v) is 5.90. The van der Waals surface area contributed by atoms with E-state index in [9.17, 15) is 8.42 Å². The summed E-state index contributed by atoms with van der Waals surface area (Å²) in [6.45, 7) is 9.83. The van der Waals surface area contributed by atoms with E-state index in [1.165, 1.54) is 7.11 Å². The molecule has 0 bridgehead atoms. The van der Waals surface area contributed by atoms with Gasteiger partial charge in [0.1, 0.15) is 10.6 Å². The van der Waals surface area contributed by atoms with Gasteiger partial charge >= 0.3 is 7.12 Å². The summed E-state index contributed by atoms with van der Waals surface area (Å²) in [4.78, 5) is 0.0778. The van der Waals surface area contributed by atoms with Gasteiger partial charge in [-0.05, 0) is 45.3 Å². The average Bonchev–Trinajstić information content (AvgIpc) is 2.66. The predicted octanol–water partition coefficient (Wildman–Crippen LogP) is 1.29. The first-order valence-electron chi connectivity index (χ1n) is 7.57. The quantitative estimate of drug-likeness (QED) is 0.817. The van der Waals surface area contributed by atoms with Gasteiger partial charge in [-0.2, -0.15) is 0 Å². The Morgan fingerprint density at radius 1 is 1.17 bits per heavy atom. The van der Waals surface area contributed by atoms with Gasteiger partial charge < -0.3 is 14.0 Å². The maximum absolute atomic E-state index is 12.4. The van der Waals surface area contributed by atoms with Crippen LogP contribution in [0.25, 0.3) is 0 Å². The Kier molecular flexibility index (Phi) is 4.83. The highest BCUT2D eigenvalue weighted by atomic mass is 32.2. The average molecular weight is 341 g/mol. The standard InChI is InChI=1S/C15H24BNO5S/c1-7-17-23(18,19)13-10-11(8-9-12(13)20-6)16-21-14(2,3)15(4,5)22-16/h8-10,17H,7H2,1-6H3. The molecule has 1 fully saturated rings. The van der Waals surface area contributed by atoms with Crippen molar-refractivity contribution < 1.29 is 22.5 Å². The van der Waals surface area contributed by atoms with E-state index < -0.39 is 28.3 Å². The van der Waals surface area contributed by atoms with Gasteiger partial charge in [0, 0.05) is 6.54 Å². The Bertz CT molecular complexity index is 671. The smallest absolute Gasteiger partial charge is 0.494 e. The molecule has 0 unspecified atom stereocenters. The Labute approximate surface area is 138 Å². The van der Waals surface area contributed by atoms with Crippen LogP contribution in [0.2, 0.25) is 0 Å². The zero-order chi connectivity index (χ0) is 17.5. The minimum atomic E-state index is -3.65. The Morgan fingerprint density at radius 3 is 2.22 bits per heavy atom. The number of sulfonamides is 1. The van der Waals surface area contributed by atoms with Crippen LogP contribution in [-0.4, -0.2) is 40.4 Å². The first-order valence-corrected chi connectivity index (χ1v) is 9.05. The fraction of sp³-hybridized carbons (Fsp3) is 0.600. The molecule has 0 spiro atoms. The van der Waals surface area contributed by atoms with Crippen molar-refractivity contribution in [3.8, 4) is 5.75 Å². The molecule has 2 rings (SSSR count). The molecule has 128 valence electrons. The van der Waals surface area contributed by atoms with Gasteiger partial charge in [-0.3, -0.25) is 0 Å². The van der Waals surface area contributed by atoms with Crippen molar-refractivity contribution in [2.45, 2.75) is 50.7 Å². The second kappa shape index (κ2) is 6.09. The zero-order valence-electron chi connectivity index (χ0n) is 14.5. The zero-order valence-corrected chi connectivity index (χ0v) is 15.3. The number of hydrogen-bond donors (Lipinski definition) is 1. The molecule has 1 aromatic carbocycles. The highest BCUT2D eigenvalue weighted by molar-refractivity contribution is 7.89. The highest BCUT2D eigenvalue weighted by Crippen LogP contribution is 2.36. The number of hydrogen-bond acceptors (Lipinski definition) is 5. The molecular weight excluding hydrogens is 317 g/mol. The summed E-state index contributed by atoms with van der Waals surface area (Å²) in [7, 11) is -2.83. The molecule has 1 aliphatic heterocycles. The van der Waals surface area contributed by atoms with Crippen LogP contribution in [0, 0.1) is 0 Å². The van der Waals surface area contributed by atoms with E-state index in [0.29, 0.717) is 12.0 Å². The van der Waals surface area contributed by atoms with Crippen molar-refractivity contribution in [1.82, 2.24) is 4.72 Å². The van der Waals surface area contributed by atoms with Crippen LogP contribution >= 0.6 is 0 Å². The molecule has 1 aliphatic rings. The molecular formula is C15H24BNO5S. The summed E-state index contributed by atoms with van der Waals surface area (Å²) in [5.41, 5.74) is -0.336. The maximum atomic E-state index is 12.4. The van der Waals surface area contributed by atoms with Crippen LogP contribution in [0.5, 0.6) is 5.75 Å². The van der Waals surface area contributed by atoms with E-state index in [4.69, 9.17) is 14.0 Å². The lowest BCUT2D eigenvalue weighted by atomic mass is 9.79. The van der Waals surface area contributed by atoms with Gasteiger partial charge in [0.15, 0.2) is 0 Å². The second-order valence-corrected chi connectivity index (χ2v) is 8.24. The van der Waals surface area contributed by atoms with E-state index in [0.717, 1.165) is 0 Å². The molecule has 23 heavy (non-hydrogen) atoms. The van der Waals surface area contributed by atoms with E-state index in [1.54, 1.807) is 25.1 Å². The van der Waals surface area contributed by atoms with Gasteiger partial charge in [-0.25, -0.2) is 13.1 Å². The molecule has 0 atom stereocenters. The van der Waals surface area contributed by atoms with Crippen molar-refractivity contribution >= 4 is 22.6 Å². The van der Waals surface area contributed by atoms with Crippen molar-refractivity contribution in [1.29, 1.82) is 0 Å². The molecule has 6 nitrogen and oxygen atoms in total. The van der Waals surface area contributed by atoms with Gasteiger partial charge in [-0.15, -0.1) is 0 Å². The third kappa shape index (κ3) is 3.40. The second-order valence-electron chi connectivity index (χ2n) is 6.50. The summed E-state index contributed by atoms with van der Waals surface area (Å²) in [5.74, 6) is 0.284. The third-order valence-electron chi connectivity index (χ3n) is 4.34. The minimum Gasteiger partial charge on any atom is -0.495 e. The molecule has 0 aliphatic carbocycles. The van der Waals surface area contributed by atoms with Crippen molar-refractivity contribution in [3.63, 3.8) is 0 Å². The molecule has 1 N–H and O–H groups in total. The number of rotatable bonds is 5. The lowest BCUT2D eigenvalue weighted by Crippen LogP contribution is -2.41. The Hall–Kier alpha value is -1.09. The topological polar surface area (TPSA) is 73.9 Å². The molecule has 0 radical (unpaired) electrons. The summed E-state index contributed by atoms with van der Waals surface area (Å²) in [6, 6.07) is 4.91. The van der Waals surface area contributed by atoms with Gasteiger partial charge in [-0.1, -0.05) is 13.0 Å². The fourth-order valence-electron chi connectivity index (χ4n) is 2.30. The van der Waals surface area contributed by atoms with E-state index >= 15 is 0 Å². The largest absolute Gasteiger partial charge is 0.495 e. The molecule has 8 heteroatoms. The predicted molar refractivity (Wildman–Crippen MR) is 89.6 cm³/mol. The van der Waals surface area contributed by atoms with E-state index in [-0.39, 0.29) is 10.6 Å². The van der Waals surface area contributed by atoms with Crippen LogP contribution in [0.3, 0.4) is 0 Å². The van der Waals surface area contributed by atoms with E-state index in [1.807, 2.05) is 27.7 Å². The monoisotopic (exact) mass is 341 g/mol. The van der Waals surface area contributed by atoms with Crippen LogP contribution in [-0.2, 0) is 19.3 Å². The van der Waals surface area contributed by atoms with E-state index in [2.05, 4.69) is 4.72 Å². The summed E-state index contributed by atoms with van der Waals surface area (Å²) in [6.07, 6.45) is 0. The summed E-state index contributed by atoms with van der Waals surface area (Å²) >= 11 is 0. The molecule has 0 amide bonds. The SMILES string of the molecule is CCNS(=O)(=O)c1cc(B2OC(C)(C)C(C)(C)O2)ccc1OC.